The molecule has 6 heteroatoms. The minimum Gasteiger partial charge on any atom is -0.353 e. The Morgan fingerprint density at radius 1 is 1.10 bits per heavy atom. The molecular formula is C25H36N4O2. The van der Waals surface area contributed by atoms with E-state index in [1.165, 1.54) is 24.8 Å². The van der Waals surface area contributed by atoms with Gasteiger partial charge in [0, 0.05) is 18.2 Å². The highest BCUT2D eigenvalue weighted by Gasteiger charge is 2.28. The normalized spacial score (nSPS) is 21.2. The summed E-state index contributed by atoms with van der Waals surface area (Å²) in [5, 5.41) is 7.48. The summed E-state index contributed by atoms with van der Waals surface area (Å²) in [6.07, 6.45) is 8.02. The molecule has 1 amide bonds. The second kappa shape index (κ2) is 9.51. The molecule has 0 bridgehead atoms. The number of carbonyl (C=O) groups excluding carboxylic acids is 1. The number of nitrogens with zero attached hydrogens (tertiary/aromatic N) is 3. The molecule has 4 rings (SSSR count). The van der Waals surface area contributed by atoms with Gasteiger partial charge in [-0.25, -0.2) is 0 Å². The van der Waals surface area contributed by atoms with Crippen LogP contribution in [0.15, 0.2) is 28.8 Å². The Labute approximate surface area is 185 Å². The fourth-order valence-electron chi connectivity index (χ4n) is 4.73. The number of nitrogens with one attached hydrogen (secondary N) is 1. The predicted molar refractivity (Wildman–Crippen MR) is 121 cm³/mol. The van der Waals surface area contributed by atoms with Crippen molar-refractivity contribution in [2.45, 2.75) is 83.7 Å². The lowest BCUT2D eigenvalue weighted by Crippen LogP contribution is -2.46. The number of hydrogen-bond donors (Lipinski definition) is 1. The van der Waals surface area contributed by atoms with Crippen LogP contribution in [0, 0.1) is 5.92 Å². The van der Waals surface area contributed by atoms with Gasteiger partial charge in [0.1, 0.15) is 0 Å². The third kappa shape index (κ3) is 5.73. The molecule has 1 aliphatic heterocycles. The predicted octanol–water partition coefficient (Wildman–Crippen LogP) is 4.70. The minimum absolute atomic E-state index is 0.0583. The van der Waals surface area contributed by atoms with Crippen LogP contribution in [-0.4, -0.2) is 40.1 Å². The van der Waals surface area contributed by atoms with Gasteiger partial charge in [0.2, 0.25) is 17.6 Å². The molecule has 1 aromatic heterocycles. The molecule has 0 radical (unpaired) electrons. The van der Waals surface area contributed by atoms with E-state index < -0.39 is 0 Å². The summed E-state index contributed by atoms with van der Waals surface area (Å²) in [6.45, 7) is 8.93. The summed E-state index contributed by atoms with van der Waals surface area (Å²) in [5.41, 5.74) is 2.37. The largest absolute Gasteiger partial charge is 0.353 e. The standard InChI is InChI=1S/C25H36N4O2/c1-25(2,3)20-13-11-18(12-14-20)23-27-22(31-28-23)17-29-15-7-8-19(16-29)24(30)26-21-9-5-4-6-10-21/h11-14,19,21H,4-10,15-17H2,1-3H3,(H,26,30). The molecule has 1 saturated carbocycles. The van der Waals surface area contributed by atoms with Crippen LogP contribution >= 0.6 is 0 Å². The first-order valence-corrected chi connectivity index (χ1v) is 11.8. The van der Waals surface area contributed by atoms with Gasteiger partial charge in [-0.05, 0) is 43.2 Å². The maximum absolute atomic E-state index is 12.8. The fourth-order valence-corrected chi connectivity index (χ4v) is 4.73. The van der Waals surface area contributed by atoms with E-state index in [0.717, 1.165) is 44.3 Å². The van der Waals surface area contributed by atoms with Crippen LogP contribution in [0.25, 0.3) is 11.4 Å². The number of likely N-dealkylation sites (tertiary alicyclic amines) is 1. The highest BCUT2D eigenvalue weighted by Crippen LogP contribution is 2.26. The second-order valence-electron chi connectivity index (χ2n) is 10.3. The van der Waals surface area contributed by atoms with E-state index >= 15 is 0 Å². The molecule has 6 nitrogen and oxygen atoms in total. The summed E-state index contributed by atoms with van der Waals surface area (Å²) in [7, 11) is 0. The van der Waals surface area contributed by atoms with E-state index in [0.29, 0.717) is 24.3 Å². The zero-order chi connectivity index (χ0) is 21.8. The Morgan fingerprint density at radius 3 is 2.55 bits per heavy atom. The number of hydrogen-bond acceptors (Lipinski definition) is 5. The van der Waals surface area contributed by atoms with Crippen molar-refractivity contribution in [2.75, 3.05) is 13.1 Å². The molecule has 2 aliphatic rings. The third-order valence-corrected chi connectivity index (χ3v) is 6.66. The van der Waals surface area contributed by atoms with Crippen LogP contribution in [0.3, 0.4) is 0 Å². The van der Waals surface area contributed by atoms with Gasteiger partial charge < -0.3 is 9.84 Å². The Hall–Kier alpha value is -2.21. The molecular weight excluding hydrogens is 388 g/mol. The van der Waals surface area contributed by atoms with Gasteiger partial charge >= 0.3 is 0 Å². The quantitative estimate of drug-likeness (QED) is 0.754. The smallest absolute Gasteiger partial charge is 0.241 e. The van der Waals surface area contributed by atoms with Gasteiger partial charge in [-0.1, -0.05) is 69.5 Å². The highest BCUT2D eigenvalue weighted by molar-refractivity contribution is 5.79. The first-order valence-electron chi connectivity index (χ1n) is 11.8. The van der Waals surface area contributed by atoms with Crippen LogP contribution in [0.5, 0.6) is 0 Å². The lowest BCUT2D eigenvalue weighted by molar-refractivity contribution is -0.127. The average Bonchev–Trinajstić information content (AvgIpc) is 3.22. The first-order chi connectivity index (χ1) is 14.9. The maximum Gasteiger partial charge on any atom is 0.241 e. The van der Waals surface area contributed by atoms with E-state index in [1.807, 2.05) is 0 Å². The number of carbonyl (C=O) groups is 1. The Bertz CT molecular complexity index is 862. The van der Waals surface area contributed by atoms with Gasteiger partial charge in [-0.2, -0.15) is 4.98 Å². The van der Waals surface area contributed by atoms with Crippen LogP contribution in [0.4, 0.5) is 0 Å². The molecule has 2 heterocycles. The van der Waals surface area contributed by atoms with Crippen molar-refractivity contribution in [1.82, 2.24) is 20.4 Å². The van der Waals surface area contributed by atoms with E-state index in [-0.39, 0.29) is 17.2 Å². The zero-order valence-electron chi connectivity index (χ0n) is 19.2. The topological polar surface area (TPSA) is 71.3 Å². The Kier molecular flexibility index (Phi) is 6.75. The number of amides is 1. The second-order valence-corrected chi connectivity index (χ2v) is 10.3. The molecule has 1 saturated heterocycles. The first kappa shape index (κ1) is 22.0. The summed E-state index contributed by atoms with van der Waals surface area (Å²) >= 11 is 0. The number of piperidine rings is 1. The summed E-state index contributed by atoms with van der Waals surface area (Å²) < 4.78 is 5.53. The summed E-state index contributed by atoms with van der Waals surface area (Å²) in [5.74, 6) is 1.52. The van der Waals surface area contributed by atoms with Crippen molar-refractivity contribution in [3.8, 4) is 11.4 Å². The van der Waals surface area contributed by atoms with Crippen LogP contribution < -0.4 is 5.32 Å². The van der Waals surface area contributed by atoms with Crippen molar-refractivity contribution in [3.05, 3.63) is 35.7 Å². The Morgan fingerprint density at radius 2 is 1.84 bits per heavy atom. The number of aromatic nitrogens is 2. The molecule has 1 N–H and O–H groups in total. The van der Waals surface area contributed by atoms with E-state index in [4.69, 9.17) is 4.52 Å². The SMILES string of the molecule is CC(C)(C)c1ccc(-c2noc(CN3CCCC(C(=O)NC4CCCCC4)C3)n2)cc1. The minimum atomic E-state index is 0.0583. The monoisotopic (exact) mass is 424 g/mol. The van der Waals surface area contributed by atoms with Gasteiger partial charge in [0.15, 0.2) is 0 Å². The lowest BCUT2D eigenvalue weighted by atomic mass is 9.87. The van der Waals surface area contributed by atoms with Crippen molar-refractivity contribution in [2.24, 2.45) is 5.92 Å². The molecule has 1 atom stereocenters. The Balaban J connectivity index is 1.33. The lowest BCUT2D eigenvalue weighted by Gasteiger charge is -2.32. The molecule has 1 unspecified atom stereocenters. The van der Waals surface area contributed by atoms with Crippen molar-refractivity contribution in [3.63, 3.8) is 0 Å². The maximum atomic E-state index is 12.8. The highest BCUT2D eigenvalue weighted by atomic mass is 16.5. The van der Waals surface area contributed by atoms with Gasteiger partial charge in [0.25, 0.3) is 0 Å². The molecule has 1 aliphatic carbocycles. The molecule has 2 fully saturated rings. The molecule has 168 valence electrons. The van der Waals surface area contributed by atoms with E-state index in [1.54, 1.807) is 0 Å². The van der Waals surface area contributed by atoms with Crippen molar-refractivity contribution < 1.29 is 9.32 Å². The summed E-state index contributed by atoms with van der Waals surface area (Å²) in [6, 6.07) is 8.75. The third-order valence-electron chi connectivity index (χ3n) is 6.66. The van der Waals surface area contributed by atoms with E-state index in [9.17, 15) is 4.79 Å². The van der Waals surface area contributed by atoms with Crippen molar-refractivity contribution >= 4 is 5.91 Å². The number of benzene rings is 1. The molecule has 31 heavy (non-hydrogen) atoms. The average molecular weight is 425 g/mol. The number of rotatable bonds is 5. The van der Waals surface area contributed by atoms with Gasteiger partial charge in [-0.15, -0.1) is 0 Å². The zero-order valence-corrected chi connectivity index (χ0v) is 19.2. The van der Waals surface area contributed by atoms with Crippen LogP contribution in [0.1, 0.15) is 77.2 Å². The van der Waals surface area contributed by atoms with Crippen LogP contribution in [-0.2, 0) is 16.8 Å². The van der Waals surface area contributed by atoms with Crippen molar-refractivity contribution in [1.29, 1.82) is 0 Å². The van der Waals surface area contributed by atoms with Crippen LogP contribution in [0.2, 0.25) is 0 Å². The fraction of sp³-hybridized carbons (Fsp3) is 0.640. The molecule has 2 aromatic rings. The molecule has 1 aromatic carbocycles. The summed E-state index contributed by atoms with van der Waals surface area (Å²) in [4.78, 5) is 19.6. The van der Waals surface area contributed by atoms with Gasteiger partial charge in [0.05, 0.1) is 12.5 Å². The van der Waals surface area contributed by atoms with E-state index in [2.05, 4.69) is 65.4 Å². The van der Waals surface area contributed by atoms with Gasteiger partial charge in [-0.3, -0.25) is 9.69 Å². The molecule has 0 spiro atoms.